The molecule has 0 radical (unpaired) electrons. The Morgan fingerprint density at radius 3 is 2.71 bits per heavy atom. The van der Waals surface area contributed by atoms with Crippen LogP contribution in [0.2, 0.25) is 0 Å². The molecule has 0 bridgehead atoms. The molecule has 0 saturated heterocycles. The van der Waals surface area contributed by atoms with E-state index in [2.05, 4.69) is 0 Å². The maximum Gasteiger partial charge on any atom is 0.338 e. The Hall–Kier alpha value is -1.97. The van der Waals surface area contributed by atoms with Gasteiger partial charge in [0.25, 0.3) is 0 Å². The molecule has 1 aromatic heterocycles. The van der Waals surface area contributed by atoms with Crippen molar-refractivity contribution in [2.75, 3.05) is 7.11 Å². The van der Waals surface area contributed by atoms with E-state index in [0.717, 1.165) is 5.52 Å². The first-order chi connectivity index (χ1) is 8.06. The monoisotopic (exact) mass is 233 g/mol. The highest BCUT2D eigenvalue weighted by atomic mass is 16.5. The summed E-state index contributed by atoms with van der Waals surface area (Å²) in [6, 6.07) is 7.08. The van der Waals surface area contributed by atoms with Crippen molar-refractivity contribution in [2.45, 2.75) is 19.9 Å². The van der Waals surface area contributed by atoms with Gasteiger partial charge in [0.05, 0.1) is 18.2 Å². The predicted molar refractivity (Wildman–Crippen MR) is 65.3 cm³/mol. The number of hydrogen-bond acceptors (Lipinski definition) is 3. The lowest BCUT2D eigenvalue weighted by Crippen LogP contribution is -2.03. The molecule has 90 valence electrons. The molecule has 4 heteroatoms. The van der Waals surface area contributed by atoms with E-state index in [1.165, 1.54) is 7.11 Å². The van der Waals surface area contributed by atoms with Crippen LogP contribution in [0.15, 0.2) is 24.3 Å². The van der Waals surface area contributed by atoms with Crippen LogP contribution in [-0.2, 0) is 4.74 Å². The lowest BCUT2D eigenvalue weighted by atomic mass is 10.1. The molecule has 2 aromatic rings. The van der Waals surface area contributed by atoms with E-state index >= 15 is 0 Å². The summed E-state index contributed by atoms with van der Waals surface area (Å²) < 4.78 is 6.50. The van der Waals surface area contributed by atoms with E-state index in [-0.39, 0.29) is 11.9 Å². The van der Waals surface area contributed by atoms with Crippen LogP contribution in [0.1, 0.15) is 30.2 Å². The largest absolute Gasteiger partial charge is 0.494 e. The Morgan fingerprint density at radius 2 is 2.12 bits per heavy atom. The zero-order chi connectivity index (χ0) is 12.6. The molecule has 0 aliphatic rings. The van der Waals surface area contributed by atoms with Gasteiger partial charge in [0.15, 0.2) is 5.88 Å². The highest BCUT2D eigenvalue weighted by molar-refractivity contribution is 6.04. The fourth-order valence-electron chi connectivity index (χ4n) is 2.07. The van der Waals surface area contributed by atoms with E-state index < -0.39 is 5.97 Å². The molecule has 17 heavy (non-hydrogen) atoms. The Bertz CT molecular complexity index is 569. The summed E-state index contributed by atoms with van der Waals surface area (Å²) in [6.45, 7) is 3.95. The number of esters is 1. The first-order valence-corrected chi connectivity index (χ1v) is 5.47. The van der Waals surface area contributed by atoms with E-state index in [1.54, 1.807) is 22.8 Å². The minimum absolute atomic E-state index is 0.125. The number of rotatable bonds is 2. The number of ether oxygens (including phenoxy) is 1. The van der Waals surface area contributed by atoms with Crippen LogP contribution in [0.4, 0.5) is 0 Å². The van der Waals surface area contributed by atoms with E-state index in [4.69, 9.17) is 4.74 Å². The fourth-order valence-corrected chi connectivity index (χ4v) is 2.07. The molecule has 0 spiro atoms. The highest BCUT2D eigenvalue weighted by Crippen LogP contribution is 2.30. The highest BCUT2D eigenvalue weighted by Gasteiger charge is 2.16. The van der Waals surface area contributed by atoms with E-state index in [1.807, 2.05) is 19.9 Å². The number of carbonyl (C=O) groups excluding carboxylic acids is 1. The van der Waals surface area contributed by atoms with Crippen molar-refractivity contribution >= 4 is 16.9 Å². The average molecular weight is 233 g/mol. The van der Waals surface area contributed by atoms with Crippen LogP contribution in [0.3, 0.4) is 0 Å². The van der Waals surface area contributed by atoms with Crippen LogP contribution in [0.5, 0.6) is 5.88 Å². The van der Waals surface area contributed by atoms with Gasteiger partial charge in [0, 0.05) is 17.5 Å². The van der Waals surface area contributed by atoms with Gasteiger partial charge in [-0.2, -0.15) is 0 Å². The van der Waals surface area contributed by atoms with Crippen LogP contribution < -0.4 is 0 Å². The minimum Gasteiger partial charge on any atom is -0.494 e. The molecule has 0 atom stereocenters. The fraction of sp³-hybridized carbons (Fsp3) is 0.308. The maximum atomic E-state index is 11.6. The normalized spacial score (nSPS) is 11.1. The number of fused-ring (bicyclic) bond motifs is 1. The van der Waals surface area contributed by atoms with Gasteiger partial charge in [-0.25, -0.2) is 4.79 Å². The van der Waals surface area contributed by atoms with E-state index in [0.29, 0.717) is 10.9 Å². The lowest BCUT2D eigenvalue weighted by Gasteiger charge is -2.11. The third kappa shape index (κ3) is 1.75. The first-order valence-electron chi connectivity index (χ1n) is 5.47. The number of aromatic nitrogens is 1. The standard InChI is InChI=1S/C13H15NO3/c1-8(2)14-11-6-4-5-9(13(16)17-3)10(11)7-12(14)15/h4-8,15H,1-3H3. The second-order valence-corrected chi connectivity index (χ2v) is 4.20. The van der Waals surface area contributed by atoms with Gasteiger partial charge in [0.2, 0.25) is 0 Å². The maximum absolute atomic E-state index is 11.6. The second kappa shape index (κ2) is 4.13. The Morgan fingerprint density at radius 1 is 1.41 bits per heavy atom. The van der Waals surface area contributed by atoms with Gasteiger partial charge in [0.1, 0.15) is 0 Å². The first kappa shape index (κ1) is 11.5. The van der Waals surface area contributed by atoms with Crippen LogP contribution in [-0.4, -0.2) is 22.8 Å². The van der Waals surface area contributed by atoms with E-state index in [9.17, 15) is 9.90 Å². The average Bonchev–Trinajstić information content (AvgIpc) is 2.63. The van der Waals surface area contributed by atoms with Gasteiger partial charge >= 0.3 is 5.97 Å². The van der Waals surface area contributed by atoms with Crippen molar-refractivity contribution in [1.82, 2.24) is 4.57 Å². The molecule has 1 heterocycles. The Labute approximate surface area is 99.4 Å². The zero-order valence-corrected chi connectivity index (χ0v) is 10.1. The molecule has 0 fully saturated rings. The van der Waals surface area contributed by atoms with Crippen molar-refractivity contribution < 1.29 is 14.6 Å². The molecule has 0 aliphatic carbocycles. The molecular formula is C13H15NO3. The summed E-state index contributed by atoms with van der Waals surface area (Å²) in [5, 5.41) is 10.6. The number of nitrogens with zero attached hydrogens (tertiary/aromatic N) is 1. The second-order valence-electron chi connectivity index (χ2n) is 4.20. The number of hydrogen-bond donors (Lipinski definition) is 1. The number of carbonyl (C=O) groups is 1. The third-order valence-electron chi connectivity index (χ3n) is 2.78. The van der Waals surface area contributed by atoms with Crippen molar-refractivity contribution in [3.05, 3.63) is 29.8 Å². The van der Waals surface area contributed by atoms with Gasteiger partial charge in [-0.1, -0.05) is 6.07 Å². The minimum atomic E-state index is -0.392. The van der Waals surface area contributed by atoms with Gasteiger partial charge in [-0.15, -0.1) is 0 Å². The summed E-state index contributed by atoms with van der Waals surface area (Å²) in [4.78, 5) is 11.6. The quantitative estimate of drug-likeness (QED) is 0.811. The van der Waals surface area contributed by atoms with Gasteiger partial charge in [-0.3, -0.25) is 0 Å². The topological polar surface area (TPSA) is 51.5 Å². The molecule has 2 rings (SSSR count). The van der Waals surface area contributed by atoms with Crippen molar-refractivity contribution in [3.63, 3.8) is 0 Å². The lowest BCUT2D eigenvalue weighted by molar-refractivity contribution is 0.0603. The number of benzene rings is 1. The van der Waals surface area contributed by atoms with Crippen LogP contribution >= 0.6 is 0 Å². The Kier molecular flexibility index (Phi) is 2.79. The summed E-state index contributed by atoms with van der Waals surface area (Å²) in [5.41, 5.74) is 1.31. The third-order valence-corrected chi connectivity index (χ3v) is 2.78. The van der Waals surface area contributed by atoms with Crippen molar-refractivity contribution in [1.29, 1.82) is 0 Å². The molecule has 1 N–H and O–H groups in total. The molecule has 0 aliphatic heterocycles. The molecule has 4 nitrogen and oxygen atoms in total. The van der Waals surface area contributed by atoms with Crippen molar-refractivity contribution in [3.8, 4) is 5.88 Å². The molecule has 0 amide bonds. The molecule has 1 aromatic carbocycles. The summed E-state index contributed by atoms with van der Waals surface area (Å²) in [5.74, 6) is -0.233. The van der Waals surface area contributed by atoms with Crippen LogP contribution in [0, 0.1) is 0 Å². The SMILES string of the molecule is COC(=O)c1cccc2c1cc(O)n2C(C)C. The number of methoxy groups -OCH3 is 1. The summed E-state index contributed by atoms with van der Waals surface area (Å²) in [6.07, 6.45) is 0. The summed E-state index contributed by atoms with van der Waals surface area (Å²) >= 11 is 0. The smallest absolute Gasteiger partial charge is 0.338 e. The van der Waals surface area contributed by atoms with Gasteiger partial charge < -0.3 is 14.4 Å². The molecule has 0 unspecified atom stereocenters. The van der Waals surface area contributed by atoms with Crippen molar-refractivity contribution in [2.24, 2.45) is 0 Å². The summed E-state index contributed by atoms with van der Waals surface area (Å²) in [7, 11) is 1.35. The molecular weight excluding hydrogens is 218 g/mol. The molecule has 0 saturated carbocycles. The van der Waals surface area contributed by atoms with Gasteiger partial charge in [-0.05, 0) is 26.0 Å². The Balaban J connectivity index is 2.75. The van der Waals surface area contributed by atoms with Crippen LogP contribution in [0.25, 0.3) is 10.9 Å². The predicted octanol–water partition coefficient (Wildman–Crippen LogP) is 2.71. The number of aromatic hydroxyl groups is 1. The zero-order valence-electron chi connectivity index (χ0n) is 10.1.